The molecule has 14 heavy (non-hydrogen) atoms. The fraction of sp³-hybridized carbons (Fsp3) is 0.143. The highest BCUT2D eigenvalue weighted by molar-refractivity contribution is 5.47. The number of halogens is 4. The SMILES string of the molecule is [N-]=[N+]=Nc1ccc(F)cc1C(F)(F)F. The molecule has 74 valence electrons. The molecule has 0 saturated heterocycles. The molecule has 3 nitrogen and oxygen atoms in total. The van der Waals surface area contributed by atoms with E-state index in [-0.39, 0.29) is 6.07 Å². The second kappa shape index (κ2) is 3.55. The first-order chi connectivity index (χ1) is 6.45. The molecule has 0 aliphatic carbocycles. The molecule has 0 fully saturated rings. The molecule has 0 radical (unpaired) electrons. The average molecular weight is 205 g/mol. The molecule has 0 saturated carbocycles. The zero-order valence-corrected chi connectivity index (χ0v) is 6.59. The van der Waals surface area contributed by atoms with E-state index in [1.807, 2.05) is 0 Å². The van der Waals surface area contributed by atoms with Gasteiger partial charge in [0.05, 0.1) is 5.56 Å². The quantitative estimate of drug-likeness (QED) is 0.290. The zero-order valence-electron chi connectivity index (χ0n) is 6.59. The van der Waals surface area contributed by atoms with Gasteiger partial charge in [0, 0.05) is 10.6 Å². The van der Waals surface area contributed by atoms with E-state index in [0.29, 0.717) is 0 Å². The Morgan fingerprint density at radius 3 is 2.43 bits per heavy atom. The van der Waals surface area contributed by atoms with Crippen LogP contribution in [0.15, 0.2) is 23.3 Å². The van der Waals surface area contributed by atoms with Crippen molar-refractivity contribution >= 4 is 5.69 Å². The summed E-state index contributed by atoms with van der Waals surface area (Å²) in [6, 6.07) is 1.85. The fourth-order valence-corrected chi connectivity index (χ4v) is 0.871. The van der Waals surface area contributed by atoms with Crippen molar-refractivity contribution in [2.75, 3.05) is 0 Å². The second-order valence-corrected chi connectivity index (χ2v) is 2.35. The highest BCUT2D eigenvalue weighted by Crippen LogP contribution is 2.36. The summed E-state index contributed by atoms with van der Waals surface area (Å²) in [6.45, 7) is 0. The molecular formula is C7H3F4N3. The summed E-state index contributed by atoms with van der Waals surface area (Å²) in [4.78, 5) is 2.21. The predicted molar refractivity (Wildman–Crippen MR) is 40.2 cm³/mol. The topological polar surface area (TPSA) is 48.8 Å². The van der Waals surface area contributed by atoms with Crippen LogP contribution in [0.2, 0.25) is 0 Å². The third-order valence-electron chi connectivity index (χ3n) is 1.42. The number of alkyl halides is 3. The van der Waals surface area contributed by atoms with Crippen molar-refractivity contribution < 1.29 is 17.6 Å². The summed E-state index contributed by atoms with van der Waals surface area (Å²) < 4.78 is 49.1. The van der Waals surface area contributed by atoms with Gasteiger partial charge in [0.25, 0.3) is 0 Å². The molecule has 1 rings (SSSR count). The van der Waals surface area contributed by atoms with Crippen molar-refractivity contribution in [3.8, 4) is 0 Å². The van der Waals surface area contributed by atoms with E-state index < -0.39 is 23.2 Å². The Morgan fingerprint density at radius 2 is 1.93 bits per heavy atom. The summed E-state index contributed by atoms with van der Waals surface area (Å²) >= 11 is 0. The minimum atomic E-state index is -4.73. The van der Waals surface area contributed by atoms with Crippen LogP contribution >= 0.6 is 0 Å². The Kier molecular flexibility index (Phi) is 2.62. The van der Waals surface area contributed by atoms with Crippen molar-refractivity contribution in [3.05, 3.63) is 40.0 Å². The van der Waals surface area contributed by atoms with Crippen LogP contribution in [0.5, 0.6) is 0 Å². The summed E-state index contributed by atoms with van der Waals surface area (Å²) in [5.74, 6) is -1.03. The summed E-state index contributed by atoms with van der Waals surface area (Å²) in [5, 5.41) is 2.81. The Balaban J connectivity index is 3.37. The van der Waals surface area contributed by atoms with E-state index >= 15 is 0 Å². The van der Waals surface area contributed by atoms with E-state index in [2.05, 4.69) is 10.0 Å². The van der Waals surface area contributed by atoms with Gasteiger partial charge in [-0.3, -0.25) is 0 Å². The van der Waals surface area contributed by atoms with Gasteiger partial charge >= 0.3 is 6.18 Å². The van der Waals surface area contributed by atoms with Crippen LogP contribution in [0, 0.1) is 5.82 Å². The Morgan fingerprint density at radius 1 is 1.29 bits per heavy atom. The van der Waals surface area contributed by atoms with Crippen LogP contribution in [-0.4, -0.2) is 0 Å². The first-order valence-corrected chi connectivity index (χ1v) is 3.37. The third-order valence-corrected chi connectivity index (χ3v) is 1.42. The standard InChI is InChI=1S/C7H3F4N3/c8-4-1-2-6(13-14-12)5(3-4)7(9,10)11/h1-3H. The van der Waals surface area contributed by atoms with Gasteiger partial charge in [-0.05, 0) is 23.7 Å². The summed E-state index contributed by atoms with van der Waals surface area (Å²) in [5.41, 5.74) is 6.06. The fourth-order valence-electron chi connectivity index (χ4n) is 0.871. The highest BCUT2D eigenvalue weighted by Gasteiger charge is 2.33. The van der Waals surface area contributed by atoms with Gasteiger partial charge < -0.3 is 0 Å². The number of rotatable bonds is 1. The van der Waals surface area contributed by atoms with Gasteiger partial charge in [0.1, 0.15) is 5.82 Å². The van der Waals surface area contributed by atoms with Gasteiger partial charge in [-0.25, -0.2) is 4.39 Å². The number of benzene rings is 1. The first-order valence-electron chi connectivity index (χ1n) is 3.37. The minimum Gasteiger partial charge on any atom is -0.207 e. The van der Waals surface area contributed by atoms with E-state index in [9.17, 15) is 17.6 Å². The molecule has 0 unspecified atom stereocenters. The van der Waals surface area contributed by atoms with Crippen LogP contribution in [0.4, 0.5) is 23.2 Å². The Bertz CT molecular complexity index is 392. The molecular weight excluding hydrogens is 202 g/mol. The molecule has 1 aromatic rings. The van der Waals surface area contributed by atoms with Gasteiger partial charge in [-0.2, -0.15) is 13.2 Å². The van der Waals surface area contributed by atoms with Gasteiger partial charge in [0.2, 0.25) is 0 Å². The summed E-state index contributed by atoms with van der Waals surface area (Å²) in [7, 11) is 0. The number of hydrogen-bond donors (Lipinski definition) is 0. The first kappa shape index (κ1) is 10.3. The highest BCUT2D eigenvalue weighted by atomic mass is 19.4. The van der Waals surface area contributed by atoms with E-state index in [0.717, 1.165) is 12.1 Å². The lowest BCUT2D eigenvalue weighted by molar-refractivity contribution is -0.137. The molecule has 0 atom stereocenters. The van der Waals surface area contributed by atoms with Gasteiger partial charge in [-0.15, -0.1) is 0 Å². The molecule has 0 aliphatic rings. The molecule has 0 aliphatic heterocycles. The van der Waals surface area contributed by atoms with Crippen LogP contribution in [0.1, 0.15) is 5.56 Å². The maximum absolute atomic E-state index is 12.5. The maximum atomic E-state index is 12.5. The van der Waals surface area contributed by atoms with Crippen LogP contribution < -0.4 is 0 Å². The van der Waals surface area contributed by atoms with E-state index in [1.165, 1.54) is 0 Å². The molecule has 0 aromatic heterocycles. The lowest BCUT2D eigenvalue weighted by Crippen LogP contribution is -2.05. The van der Waals surface area contributed by atoms with E-state index in [1.54, 1.807) is 0 Å². The van der Waals surface area contributed by atoms with Crippen LogP contribution in [0.25, 0.3) is 10.4 Å². The van der Waals surface area contributed by atoms with Crippen molar-refractivity contribution in [3.63, 3.8) is 0 Å². The zero-order chi connectivity index (χ0) is 10.8. The van der Waals surface area contributed by atoms with Crippen molar-refractivity contribution in [2.24, 2.45) is 5.11 Å². The smallest absolute Gasteiger partial charge is 0.207 e. The number of hydrogen-bond acceptors (Lipinski definition) is 1. The largest absolute Gasteiger partial charge is 0.416 e. The molecule has 0 bridgehead atoms. The number of nitrogens with zero attached hydrogens (tertiary/aromatic N) is 3. The minimum absolute atomic E-state index is 0.282. The Hall–Kier alpha value is -1.75. The third kappa shape index (κ3) is 2.14. The van der Waals surface area contributed by atoms with Gasteiger partial charge in [-0.1, -0.05) is 5.11 Å². The normalized spacial score (nSPS) is 10.9. The summed E-state index contributed by atoms with van der Waals surface area (Å²) in [6.07, 6.45) is -4.73. The van der Waals surface area contributed by atoms with Crippen LogP contribution in [-0.2, 0) is 6.18 Å². The second-order valence-electron chi connectivity index (χ2n) is 2.35. The molecule has 1 aromatic carbocycles. The Labute approximate surface area is 75.6 Å². The monoisotopic (exact) mass is 205 g/mol. The van der Waals surface area contributed by atoms with Crippen molar-refractivity contribution in [1.82, 2.24) is 0 Å². The number of azide groups is 1. The molecule has 0 heterocycles. The lowest BCUT2D eigenvalue weighted by atomic mass is 10.1. The van der Waals surface area contributed by atoms with Crippen molar-refractivity contribution in [1.29, 1.82) is 0 Å². The van der Waals surface area contributed by atoms with Crippen LogP contribution in [0.3, 0.4) is 0 Å². The maximum Gasteiger partial charge on any atom is 0.416 e. The lowest BCUT2D eigenvalue weighted by Gasteiger charge is -2.08. The molecule has 0 spiro atoms. The molecule has 7 heteroatoms. The van der Waals surface area contributed by atoms with E-state index in [4.69, 9.17) is 5.53 Å². The van der Waals surface area contributed by atoms with Gasteiger partial charge in [0.15, 0.2) is 0 Å². The average Bonchev–Trinajstić information content (AvgIpc) is 2.07. The van der Waals surface area contributed by atoms with Crippen molar-refractivity contribution in [2.45, 2.75) is 6.18 Å². The predicted octanol–water partition coefficient (Wildman–Crippen LogP) is 3.79. The molecule has 0 N–H and O–H groups in total. The molecule has 0 amide bonds.